The molecule has 1 aromatic heterocycles. The average molecular weight is 416 g/mol. The van der Waals surface area contributed by atoms with Crippen LogP contribution in [0, 0.1) is 12.8 Å². The minimum Gasteiger partial charge on any atom is -0.486 e. The van der Waals surface area contributed by atoms with Crippen LogP contribution in [-0.2, 0) is 9.59 Å². The molecule has 29 heavy (non-hydrogen) atoms. The van der Waals surface area contributed by atoms with Gasteiger partial charge in [-0.15, -0.1) is 11.3 Å². The van der Waals surface area contributed by atoms with E-state index in [2.05, 4.69) is 10.3 Å². The molecular formula is C21H25N3O4S. The van der Waals surface area contributed by atoms with E-state index in [0.29, 0.717) is 30.6 Å². The van der Waals surface area contributed by atoms with Crippen LogP contribution in [0.3, 0.4) is 0 Å². The van der Waals surface area contributed by atoms with Gasteiger partial charge in [-0.2, -0.15) is 0 Å². The normalized spacial score (nSPS) is 18.8. The van der Waals surface area contributed by atoms with Gasteiger partial charge in [0, 0.05) is 28.9 Å². The number of hydrogen-bond donors (Lipinski definition) is 1. The summed E-state index contributed by atoms with van der Waals surface area (Å²) in [6, 6.07) is 5.74. The van der Waals surface area contributed by atoms with E-state index in [4.69, 9.17) is 9.47 Å². The summed E-state index contributed by atoms with van der Waals surface area (Å²) >= 11 is 1.43. The Bertz CT molecular complexity index is 963. The summed E-state index contributed by atoms with van der Waals surface area (Å²) in [5.74, 6) is 0.940. The van der Waals surface area contributed by atoms with Gasteiger partial charge >= 0.3 is 0 Å². The Kier molecular flexibility index (Phi) is 4.98. The standard InChI is InChI=1S/C21H25N3O4S/c1-12-18(13-5-6-15-16(9-13)28-8-7-27-15)22-20(29-12)23-19(26)14-10-17(25)24(11-14)21(2,3)4/h5-6,9,14H,7-8,10-11H2,1-4H3,(H,22,23,26). The van der Waals surface area contributed by atoms with Gasteiger partial charge in [0.2, 0.25) is 11.8 Å². The Morgan fingerprint density at radius 2 is 1.97 bits per heavy atom. The summed E-state index contributed by atoms with van der Waals surface area (Å²) < 4.78 is 11.2. The van der Waals surface area contributed by atoms with Crippen molar-refractivity contribution in [1.82, 2.24) is 9.88 Å². The maximum absolute atomic E-state index is 12.7. The Morgan fingerprint density at radius 3 is 2.66 bits per heavy atom. The molecule has 0 saturated carbocycles. The van der Waals surface area contributed by atoms with Gasteiger partial charge in [0.1, 0.15) is 13.2 Å². The highest BCUT2D eigenvalue weighted by Gasteiger charge is 2.39. The third kappa shape index (κ3) is 3.94. The Hall–Kier alpha value is -2.61. The molecule has 1 atom stereocenters. The van der Waals surface area contributed by atoms with Crippen molar-refractivity contribution in [2.75, 3.05) is 25.1 Å². The third-order valence-corrected chi connectivity index (χ3v) is 6.03. The number of benzene rings is 1. The number of carbonyl (C=O) groups is 2. The number of amides is 2. The zero-order chi connectivity index (χ0) is 20.8. The molecule has 2 aromatic rings. The molecular weight excluding hydrogens is 390 g/mol. The summed E-state index contributed by atoms with van der Waals surface area (Å²) in [7, 11) is 0. The number of fused-ring (bicyclic) bond motifs is 1. The van der Waals surface area contributed by atoms with Gasteiger partial charge in [-0.25, -0.2) is 4.98 Å². The number of carbonyl (C=O) groups excluding carboxylic acids is 2. The first-order valence-corrected chi connectivity index (χ1v) is 10.5. The van der Waals surface area contributed by atoms with E-state index in [0.717, 1.165) is 21.9 Å². The van der Waals surface area contributed by atoms with E-state index in [-0.39, 0.29) is 29.7 Å². The first-order valence-electron chi connectivity index (χ1n) is 9.71. The fraction of sp³-hybridized carbons (Fsp3) is 0.476. The molecule has 2 aliphatic rings. The Morgan fingerprint density at radius 1 is 1.24 bits per heavy atom. The molecule has 3 heterocycles. The van der Waals surface area contributed by atoms with Gasteiger partial charge in [-0.3, -0.25) is 9.59 Å². The van der Waals surface area contributed by atoms with Crippen LogP contribution in [0.5, 0.6) is 11.5 Å². The van der Waals surface area contributed by atoms with Crippen LogP contribution in [0.4, 0.5) is 5.13 Å². The molecule has 4 rings (SSSR count). The Balaban J connectivity index is 1.49. The number of nitrogens with one attached hydrogen (secondary N) is 1. The van der Waals surface area contributed by atoms with Crippen molar-refractivity contribution < 1.29 is 19.1 Å². The van der Waals surface area contributed by atoms with Crippen molar-refractivity contribution in [2.45, 2.75) is 39.7 Å². The first-order chi connectivity index (χ1) is 13.7. The lowest BCUT2D eigenvalue weighted by Crippen LogP contribution is -2.42. The number of aryl methyl sites for hydroxylation is 1. The summed E-state index contributed by atoms with van der Waals surface area (Å²) in [4.78, 5) is 32.4. The maximum Gasteiger partial charge on any atom is 0.231 e. The maximum atomic E-state index is 12.7. The molecule has 2 aliphatic heterocycles. The molecule has 7 nitrogen and oxygen atoms in total. The average Bonchev–Trinajstić information content (AvgIpc) is 3.24. The largest absolute Gasteiger partial charge is 0.486 e. The van der Waals surface area contributed by atoms with E-state index in [1.807, 2.05) is 45.9 Å². The molecule has 1 aromatic carbocycles. The zero-order valence-electron chi connectivity index (χ0n) is 17.1. The number of hydrogen-bond acceptors (Lipinski definition) is 6. The smallest absolute Gasteiger partial charge is 0.231 e. The van der Waals surface area contributed by atoms with Gasteiger partial charge in [-0.05, 0) is 45.9 Å². The summed E-state index contributed by atoms with van der Waals surface area (Å²) in [5.41, 5.74) is 1.44. The molecule has 0 aliphatic carbocycles. The second kappa shape index (κ2) is 7.33. The van der Waals surface area contributed by atoms with Crippen LogP contribution in [0.1, 0.15) is 32.1 Å². The summed E-state index contributed by atoms with van der Waals surface area (Å²) in [6.45, 7) is 9.43. The van der Waals surface area contributed by atoms with Gasteiger partial charge in [0.15, 0.2) is 16.6 Å². The van der Waals surface area contributed by atoms with Crippen LogP contribution in [0.15, 0.2) is 18.2 Å². The predicted molar refractivity (Wildman–Crippen MR) is 111 cm³/mol. The molecule has 0 bridgehead atoms. The molecule has 0 radical (unpaired) electrons. The predicted octanol–water partition coefficient (Wildman–Crippen LogP) is 3.48. The van der Waals surface area contributed by atoms with Crippen molar-refractivity contribution in [2.24, 2.45) is 5.92 Å². The lowest BCUT2D eigenvalue weighted by atomic mass is 10.1. The molecule has 1 fully saturated rings. The van der Waals surface area contributed by atoms with Crippen molar-refractivity contribution in [3.8, 4) is 22.8 Å². The zero-order valence-corrected chi connectivity index (χ0v) is 17.9. The van der Waals surface area contributed by atoms with Gasteiger partial charge < -0.3 is 19.7 Å². The van der Waals surface area contributed by atoms with Crippen LogP contribution in [0.25, 0.3) is 11.3 Å². The third-order valence-electron chi connectivity index (χ3n) is 5.15. The Labute approximate surface area is 174 Å². The highest BCUT2D eigenvalue weighted by Crippen LogP contribution is 2.37. The van der Waals surface area contributed by atoms with Crippen LogP contribution >= 0.6 is 11.3 Å². The lowest BCUT2D eigenvalue weighted by molar-refractivity contribution is -0.131. The monoisotopic (exact) mass is 415 g/mol. The minimum absolute atomic E-state index is 0.0185. The van der Waals surface area contributed by atoms with Crippen molar-refractivity contribution in [1.29, 1.82) is 0 Å². The van der Waals surface area contributed by atoms with Crippen LogP contribution in [-0.4, -0.2) is 47.0 Å². The second-order valence-electron chi connectivity index (χ2n) is 8.35. The number of thiazole rings is 1. The van der Waals surface area contributed by atoms with Crippen LogP contribution in [0.2, 0.25) is 0 Å². The van der Waals surface area contributed by atoms with Crippen molar-refractivity contribution >= 4 is 28.3 Å². The van der Waals surface area contributed by atoms with E-state index in [1.165, 1.54) is 11.3 Å². The minimum atomic E-state index is -0.358. The first kappa shape index (κ1) is 19.7. The number of anilines is 1. The number of aromatic nitrogens is 1. The summed E-state index contributed by atoms with van der Waals surface area (Å²) in [6.07, 6.45) is 0.239. The van der Waals surface area contributed by atoms with Gasteiger partial charge in [-0.1, -0.05) is 0 Å². The molecule has 1 saturated heterocycles. The fourth-order valence-corrected chi connectivity index (χ4v) is 4.49. The van der Waals surface area contributed by atoms with E-state index in [1.54, 1.807) is 4.90 Å². The molecule has 8 heteroatoms. The number of rotatable bonds is 3. The molecule has 2 amide bonds. The number of nitrogens with zero attached hydrogens (tertiary/aromatic N) is 2. The van der Waals surface area contributed by atoms with Gasteiger partial charge in [0.05, 0.1) is 11.6 Å². The van der Waals surface area contributed by atoms with Crippen molar-refractivity contribution in [3.63, 3.8) is 0 Å². The molecule has 1 N–H and O–H groups in total. The quantitative estimate of drug-likeness (QED) is 0.830. The summed E-state index contributed by atoms with van der Waals surface area (Å²) in [5, 5.41) is 3.44. The molecule has 154 valence electrons. The van der Waals surface area contributed by atoms with E-state index >= 15 is 0 Å². The van der Waals surface area contributed by atoms with E-state index < -0.39 is 0 Å². The van der Waals surface area contributed by atoms with Crippen molar-refractivity contribution in [3.05, 3.63) is 23.1 Å². The highest BCUT2D eigenvalue weighted by molar-refractivity contribution is 7.16. The topological polar surface area (TPSA) is 80.8 Å². The van der Waals surface area contributed by atoms with Gasteiger partial charge in [0.25, 0.3) is 0 Å². The fourth-order valence-electron chi connectivity index (χ4n) is 3.65. The SMILES string of the molecule is Cc1sc(NC(=O)C2CC(=O)N(C(C)(C)C)C2)nc1-c1ccc2c(c1)OCCO2. The number of likely N-dealkylation sites (tertiary alicyclic amines) is 1. The van der Waals surface area contributed by atoms with Crippen LogP contribution < -0.4 is 14.8 Å². The highest BCUT2D eigenvalue weighted by atomic mass is 32.1. The number of ether oxygens (including phenoxy) is 2. The molecule has 1 unspecified atom stereocenters. The second-order valence-corrected chi connectivity index (χ2v) is 9.55. The molecule has 0 spiro atoms. The lowest BCUT2D eigenvalue weighted by Gasteiger charge is -2.31. The van der Waals surface area contributed by atoms with E-state index in [9.17, 15) is 9.59 Å².